The van der Waals surface area contributed by atoms with Crippen LogP contribution in [0, 0.1) is 29.5 Å². The number of imidazole rings is 1. The van der Waals surface area contributed by atoms with E-state index in [0.717, 1.165) is 25.5 Å². The first kappa shape index (κ1) is 18.0. The summed E-state index contributed by atoms with van der Waals surface area (Å²) in [5, 5.41) is 6.07. The molecule has 29 heavy (non-hydrogen) atoms. The molecule has 2 aromatic rings. The van der Waals surface area contributed by atoms with Gasteiger partial charge in [-0.3, -0.25) is 9.59 Å². The third kappa shape index (κ3) is 3.22. The molecule has 5 atom stereocenters. The van der Waals surface area contributed by atoms with E-state index >= 15 is 0 Å². The maximum absolute atomic E-state index is 14.4. The third-order valence-corrected chi connectivity index (χ3v) is 6.54. The lowest BCUT2D eigenvalue weighted by atomic mass is 9.76. The molecule has 3 heterocycles. The minimum Gasteiger partial charge on any atom is -0.369 e. The van der Waals surface area contributed by atoms with E-state index in [1.165, 1.54) is 0 Å². The van der Waals surface area contributed by atoms with Crippen LogP contribution in [0.1, 0.15) is 25.7 Å². The molecular weight excluding hydrogens is 377 g/mol. The van der Waals surface area contributed by atoms with E-state index in [9.17, 15) is 14.0 Å². The second-order valence-corrected chi connectivity index (χ2v) is 8.28. The lowest BCUT2D eigenvalue weighted by molar-refractivity contribution is -0.124. The van der Waals surface area contributed by atoms with E-state index in [-0.39, 0.29) is 53.8 Å². The highest BCUT2D eigenvalue weighted by Crippen LogP contribution is 2.54. The van der Waals surface area contributed by atoms with E-state index < -0.39 is 5.82 Å². The number of nitrogens with two attached hydrogens (primary N) is 1. The van der Waals surface area contributed by atoms with Crippen LogP contribution < -0.4 is 16.4 Å². The molecular formula is C19H22FN7O2. The summed E-state index contributed by atoms with van der Waals surface area (Å²) < 4.78 is 16.2. The van der Waals surface area contributed by atoms with Crippen LogP contribution in [0.3, 0.4) is 0 Å². The smallest absolute Gasteiger partial charge is 0.230 e. The van der Waals surface area contributed by atoms with Crippen molar-refractivity contribution in [2.24, 2.45) is 29.4 Å². The van der Waals surface area contributed by atoms with E-state index in [2.05, 4.69) is 25.6 Å². The number of nitrogens with zero attached hydrogens (tertiary/aromatic N) is 4. The summed E-state index contributed by atoms with van der Waals surface area (Å²) in [5.74, 6) is 0.0659. The van der Waals surface area contributed by atoms with Gasteiger partial charge in [0.15, 0.2) is 23.2 Å². The largest absolute Gasteiger partial charge is 0.369 e. The van der Waals surface area contributed by atoms with Gasteiger partial charge in [0, 0.05) is 18.7 Å². The Bertz CT molecular complexity index is 977. The number of carbonyl (C=O) groups excluding carboxylic acids is 2. The molecule has 0 aromatic carbocycles. The van der Waals surface area contributed by atoms with Crippen LogP contribution in [0.15, 0.2) is 18.7 Å². The molecule has 2 aromatic heterocycles. The minimum absolute atomic E-state index is 0.0374. The topological polar surface area (TPSA) is 128 Å². The Labute approximate surface area is 166 Å². The quantitative estimate of drug-likeness (QED) is 0.662. The number of nitrogens with one attached hydrogen (secondary N) is 2. The number of amides is 1. The van der Waals surface area contributed by atoms with Crippen LogP contribution in [0.4, 0.5) is 22.0 Å². The molecule has 1 aliphatic heterocycles. The molecule has 0 saturated heterocycles. The number of primary amides is 1. The third-order valence-electron chi connectivity index (χ3n) is 6.54. The molecule has 0 unspecified atom stereocenters. The molecule has 2 aliphatic carbocycles. The number of fused-ring (bicyclic) bond motifs is 5. The van der Waals surface area contributed by atoms with Crippen molar-refractivity contribution in [3.63, 3.8) is 0 Å². The van der Waals surface area contributed by atoms with Gasteiger partial charge in [-0.25, -0.2) is 14.4 Å². The van der Waals surface area contributed by atoms with Crippen molar-refractivity contribution in [3.05, 3.63) is 24.5 Å². The van der Waals surface area contributed by atoms with Crippen LogP contribution in [-0.4, -0.2) is 37.3 Å². The second kappa shape index (κ2) is 6.78. The van der Waals surface area contributed by atoms with Gasteiger partial charge in [-0.05, 0) is 37.0 Å². The normalized spacial score (nSPS) is 30.8. The maximum atomic E-state index is 14.4. The molecule has 2 fully saturated rings. The Kier molecular flexibility index (Phi) is 4.21. The minimum atomic E-state index is -0.594. The average Bonchev–Trinajstić information content (AvgIpc) is 3.37. The van der Waals surface area contributed by atoms with Crippen molar-refractivity contribution in [3.8, 4) is 0 Å². The molecule has 4 N–H and O–H groups in total. The van der Waals surface area contributed by atoms with Gasteiger partial charge in [-0.2, -0.15) is 4.98 Å². The van der Waals surface area contributed by atoms with Crippen molar-refractivity contribution in [2.75, 3.05) is 10.6 Å². The summed E-state index contributed by atoms with van der Waals surface area (Å²) in [6.45, 7) is 0.247. The van der Waals surface area contributed by atoms with Crippen molar-refractivity contribution < 1.29 is 14.0 Å². The van der Waals surface area contributed by atoms with Crippen molar-refractivity contribution in [1.29, 1.82) is 0 Å². The van der Waals surface area contributed by atoms with Crippen LogP contribution in [0.2, 0.25) is 0 Å². The van der Waals surface area contributed by atoms with Crippen LogP contribution >= 0.6 is 0 Å². The van der Waals surface area contributed by atoms with Gasteiger partial charge >= 0.3 is 0 Å². The molecule has 152 valence electrons. The molecule has 10 heteroatoms. The van der Waals surface area contributed by atoms with Crippen molar-refractivity contribution in [2.45, 2.75) is 38.3 Å². The van der Waals surface area contributed by atoms with Gasteiger partial charge < -0.3 is 20.9 Å². The fourth-order valence-electron chi connectivity index (χ4n) is 5.37. The van der Waals surface area contributed by atoms with Crippen LogP contribution in [0.5, 0.6) is 0 Å². The van der Waals surface area contributed by atoms with Gasteiger partial charge in [0.2, 0.25) is 11.9 Å². The predicted molar refractivity (Wildman–Crippen MR) is 102 cm³/mol. The van der Waals surface area contributed by atoms with E-state index in [1.54, 1.807) is 17.1 Å². The molecule has 5 rings (SSSR count). The summed E-state index contributed by atoms with van der Waals surface area (Å²) in [5.41, 5.74) is 5.68. The SMILES string of the molecule is NC(=O)[C@H]1[C@H]2C[C@H]3CCC(=O)Cn4cnc(c4)Nc4ncc(F)c(n4)N[C@@H]1[C@@H]3C2. The number of anilines is 3. The first-order valence-electron chi connectivity index (χ1n) is 9.87. The van der Waals surface area contributed by atoms with E-state index in [4.69, 9.17) is 5.73 Å². The van der Waals surface area contributed by atoms with Gasteiger partial charge in [0.05, 0.1) is 25.0 Å². The number of rotatable bonds is 1. The van der Waals surface area contributed by atoms with E-state index in [1.807, 2.05) is 0 Å². The maximum Gasteiger partial charge on any atom is 0.230 e. The fourth-order valence-corrected chi connectivity index (χ4v) is 5.37. The number of carbonyl (C=O) groups is 2. The van der Waals surface area contributed by atoms with Crippen molar-refractivity contribution in [1.82, 2.24) is 19.5 Å². The number of hydrogen-bond acceptors (Lipinski definition) is 7. The van der Waals surface area contributed by atoms with Gasteiger partial charge in [0.25, 0.3) is 0 Å². The number of Topliss-reactive ketones (excluding diaryl/α,β-unsaturated/α-hetero) is 1. The molecule has 3 aliphatic rings. The number of hydrogen-bond donors (Lipinski definition) is 3. The van der Waals surface area contributed by atoms with E-state index in [0.29, 0.717) is 18.2 Å². The average molecular weight is 399 g/mol. The zero-order valence-corrected chi connectivity index (χ0v) is 15.7. The Morgan fingerprint density at radius 2 is 2.14 bits per heavy atom. The van der Waals surface area contributed by atoms with Gasteiger partial charge in [0.1, 0.15) is 0 Å². The molecule has 0 spiro atoms. The Hall–Kier alpha value is -3.04. The van der Waals surface area contributed by atoms with Gasteiger partial charge in [-0.1, -0.05) is 0 Å². The zero-order chi connectivity index (χ0) is 20.1. The Morgan fingerprint density at radius 1 is 1.28 bits per heavy atom. The van der Waals surface area contributed by atoms with Crippen LogP contribution in [0.25, 0.3) is 0 Å². The standard InChI is InChI=1S/C19H22FN7O2/c20-13-5-22-19-24-14-7-27(8-23-14)6-11(28)2-1-9-3-10-4-12(9)16(15(10)17(21)29)25-18(13)26-19/h5,7-10,12,15-16H,1-4,6H2,(H2,21,29)(H2,22,24,25,26)/t9-,10+,12-,15+,16-/m1/s1. The summed E-state index contributed by atoms with van der Waals surface area (Å²) in [6.07, 6.45) is 7.28. The summed E-state index contributed by atoms with van der Waals surface area (Å²) in [7, 11) is 0. The summed E-state index contributed by atoms with van der Waals surface area (Å²) >= 11 is 0. The number of halogens is 1. The highest BCUT2D eigenvalue weighted by Gasteiger charge is 2.54. The first-order valence-corrected chi connectivity index (χ1v) is 9.87. The lowest BCUT2D eigenvalue weighted by Gasteiger charge is -2.35. The Balaban J connectivity index is 1.52. The molecule has 0 radical (unpaired) electrons. The molecule has 2 saturated carbocycles. The predicted octanol–water partition coefficient (Wildman–Crippen LogP) is 1.46. The van der Waals surface area contributed by atoms with Crippen LogP contribution in [-0.2, 0) is 16.1 Å². The fraction of sp³-hybridized carbons (Fsp3) is 0.526. The van der Waals surface area contributed by atoms with Crippen molar-refractivity contribution >= 4 is 29.3 Å². The highest BCUT2D eigenvalue weighted by atomic mass is 19.1. The first-order chi connectivity index (χ1) is 14.0. The van der Waals surface area contributed by atoms with Gasteiger partial charge in [-0.15, -0.1) is 0 Å². The zero-order valence-electron chi connectivity index (χ0n) is 15.7. The Morgan fingerprint density at radius 3 is 2.97 bits per heavy atom. The summed E-state index contributed by atoms with van der Waals surface area (Å²) in [4.78, 5) is 37.0. The molecule has 6 bridgehead atoms. The monoisotopic (exact) mass is 399 g/mol. The number of aromatic nitrogens is 4. The molecule has 1 amide bonds. The second-order valence-electron chi connectivity index (χ2n) is 8.28. The summed E-state index contributed by atoms with van der Waals surface area (Å²) in [6, 6.07) is -0.300. The lowest BCUT2D eigenvalue weighted by Crippen LogP contribution is -2.45. The highest BCUT2D eigenvalue weighted by molar-refractivity contribution is 5.79. The molecule has 9 nitrogen and oxygen atoms in total. The number of ketones is 1.